The summed E-state index contributed by atoms with van der Waals surface area (Å²) in [7, 11) is 0. The highest BCUT2D eigenvalue weighted by Gasteiger charge is 2.08. The quantitative estimate of drug-likeness (QED) is 0.196. The summed E-state index contributed by atoms with van der Waals surface area (Å²) in [5.41, 5.74) is 0. The van der Waals surface area contributed by atoms with Crippen LogP contribution in [0.5, 0.6) is 0 Å². The van der Waals surface area contributed by atoms with Gasteiger partial charge in [0.2, 0.25) is 0 Å². The zero-order valence-electron chi connectivity index (χ0n) is 15.8. The van der Waals surface area contributed by atoms with Crippen molar-refractivity contribution < 1.29 is 14.7 Å². The molecule has 2 atom stereocenters. The Bertz CT molecular complexity index is 336. The number of carboxylic acid groups (broad SMARTS) is 1. The molecule has 0 heterocycles. The smallest absolute Gasteiger partial charge is 0.327 e. The minimum Gasteiger partial charge on any atom is -0.478 e. The van der Waals surface area contributed by atoms with Crippen molar-refractivity contribution in [1.29, 1.82) is 0 Å². The molecule has 1 N–H and O–H groups in total. The number of hydrogen-bond acceptors (Lipinski definition) is 2. The van der Waals surface area contributed by atoms with Crippen LogP contribution in [0.25, 0.3) is 0 Å². The molecule has 0 saturated carbocycles. The number of allylic oxidation sites excluding steroid dienone is 1. The predicted octanol–water partition coefficient (Wildman–Crippen LogP) is 6.17. The Kier molecular flexibility index (Phi) is 15.9. The Morgan fingerprint density at radius 3 is 2.08 bits per heavy atom. The van der Waals surface area contributed by atoms with Gasteiger partial charge in [0, 0.05) is 12.0 Å². The SMILES string of the molecule is CCCCC[C@@H](CCC/C=C/C(=O)O)CCCCCC[C@@H](C)C=O. The van der Waals surface area contributed by atoms with Crippen LogP contribution in [-0.4, -0.2) is 17.4 Å². The summed E-state index contributed by atoms with van der Waals surface area (Å²) in [6.45, 7) is 4.24. The highest BCUT2D eigenvalue weighted by Crippen LogP contribution is 2.23. The molecule has 0 aromatic heterocycles. The first-order valence-electron chi connectivity index (χ1n) is 9.94. The Morgan fingerprint density at radius 2 is 1.50 bits per heavy atom. The second-order valence-corrected chi connectivity index (χ2v) is 7.14. The third-order valence-electron chi connectivity index (χ3n) is 4.71. The van der Waals surface area contributed by atoms with Crippen LogP contribution in [0.15, 0.2) is 12.2 Å². The maximum absolute atomic E-state index is 10.6. The third kappa shape index (κ3) is 15.8. The number of carboxylic acids is 1. The van der Waals surface area contributed by atoms with E-state index in [0.29, 0.717) is 0 Å². The van der Waals surface area contributed by atoms with Crippen LogP contribution in [0.3, 0.4) is 0 Å². The van der Waals surface area contributed by atoms with Crippen molar-refractivity contribution in [2.24, 2.45) is 11.8 Å². The van der Waals surface area contributed by atoms with E-state index in [1.807, 2.05) is 6.92 Å². The molecule has 3 heteroatoms. The van der Waals surface area contributed by atoms with Gasteiger partial charge in [-0.25, -0.2) is 4.79 Å². The Labute approximate surface area is 148 Å². The van der Waals surface area contributed by atoms with Crippen molar-refractivity contribution in [2.45, 2.75) is 97.3 Å². The average Bonchev–Trinajstić information content (AvgIpc) is 2.56. The van der Waals surface area contributed by atoms with E-state index in [9.17, 15) is 9.59 Å². The molecule has 0 unspecified atom stereocenters. The third-order valence-corrected chi connectivity index (χ3v) is 4.71. The number of carbonyl (C=O) groups excluding carboxylic acids is 1. The van der Waals surface area contributed by atoms with Gasteiger partial charge in [-0.15, -0.1) is 0 Å². The first-order valence-corrected chi connectivity index (χ1v) is 9.94. The summed E-state index contributed by atoms with van der Waals surface area (Å²) < 4.78 is 0. The first-order chi connectivity index (χ1) is 11.6. The lowest BCUT2D eigenvalue weighted by Crippen LogP contribution is -2.01. The molecule has 0 amide bonds. The lowest BCUT2D eigenvalue weighted by atomic mass is 9.90. The summed E-state index contributed by atoms with van der Waals surface area (Å²) in [4.78, 5) is 21.0. The van der Waals surface area contributed by atoms with Crippen LogP contribution in [0.2, 0.25) is 0 Å². The molecule has 3 nitrogen and oxygen atoms in total. The fourth-order valence-corrected chi connectivity index (χ4v) is 3.15. The molecule has 0 aromatic carbocycles. The molecule has 0 saturated heterocycles. The summed E-state index contributed by atoms with van der Waals surface area (Å²) in [6.07, 6.45) is 19.8. The van der Waals surface area contributed by atoms with Gasteiger partial charge in [-0.2, -0.15) is 0 Å². The molecule has 0 radical (unpaired) electrons. The summed E-state index contributed by atoms with van der Waals surface area (Å²) in [6, 6.07) is 0. The summed E-state index contributed by atoms with van der Waals surface area (Å²) >= 11 is 0. The van der Waals surface area contributed by atoms with Gasteiger partial charge in [0.15, 0.2) is 0 Å². The van der Waals surface area contributed by atoms with Gasteiger partial charge in [0.1, 0.15) is 6.29 Å². The number of carbonyl (C=O) groups is 2. The van der Waals surface area contributed by atoms with Crippen molar-refractivity contribution in [3.8, 4) is 0 Å². The van der Waals surface area contributed by atoms with E-state index >= 15 is 0 Å². The van der Waals surface area contributed by atoms with Gasteiger partial charge in [-0.3, -0.25) is 0 Å². The lowest BCUT2D eigenvalue weighted by Gasteiger charge is -2.16. The van der Waals surface area contributed by atoms with Gasteiger partial charge in [-0.1, -0.05) is 84.1 Å². The lowest BCUT2D eigenvalue weighted by molar-refractivity contribution is -0.131. The molecule has 24 heavy (non-hydrogen) atoms. The van der Waals surface area contributed by atoms with Crippen LogP contribution in [0, 0.1) is 11.8 Å². The summed E-state index contributed by atoms with van der Waals surface area (Å²) in [5, 5.41) is 8.60. The van der Waals surface area contributed by atoms with Crippen molar-refractivity contribution in [3.63, 3.8) is 0 Å². The van der Waals surface area contributed by atoms with E-state index in [2.05, 4.69) is 6.92 Å². The van der Waals surface area contributed by atoms with E-state index in [4.69, 9.17) is 5.11 Å². The number of aliphatic carboxylic acids is 1. The minimum absolute atomic E-state index is 0.214. The molecule has 0 rings (SSSR count). The number of rotatable bonds is 17. The minimum atomic E-state index is -0.849. The number of aldehydes is 1. The standard InChI is InChI=1S/C21H38O3/c1-3-4-8-14-20(16-11-7-12-17-21(23)24)15-10-6-5-9-13-19(2)18-22/h12,17-20H,3-11,13-16H2,1-2H3,(H,23,24)/b17-12+/t19-,20-/m1/s1. The van der Waals surface area contributed by atoms with Gasteiger partial charge >= 0.3 is 5.97 Å². The molecule has 0 aliphatic heterocycles. The Balaban J connectivity index is 3.85. The van der Waals surface area contributed by atoms with Gasteiger partial charge in [0.25, 0.3) is 0 Å². The summed E-state index contributed by atoms with van der Waals surface area (Å²) in [5.74, 6) is 0.160. The van der Waals surface area contributed by atoms with E-state index in [-0.39, 0.29) is 5.92 Å². The van der Waals surface area contributed by atoms with Crippen molar-refractivity contribution in [2.75, 3.05) is 0 Å². The molecule has 0 aromatic rings. The van der Waals surface area contributed by atoms with Crippen molar-refractivity contribution >= 4 is 12.3 Å². The number of unbranched alkanes of at least 4 members (excludes halogenated alkanes) is 6. The molecular formula is C21H38O3. The predicted molar refractivity (Wildman–Crippen MR) is 101 cm³/mol. The Morgan fingerprint density at radius 1 is 0.917 bits per heavy atom. The second-order valence-electron chi connectivity index (χ2n) is 7.14. The second kappa shape index (κ2) is 16.7. The van der Waals surface area contributed by atoms with E-state index < -0.39 is 5.97 Å². The maximum atomic E-state index is 10.6. The highest BCUT2D eigenvalue weighted by atomic mass is 16.4. The van der Waals surface area contributed by atoms with Crippen LogP contribution in [0.1, 0.15) is 97.3 Å². The monoisotopic (exact) mass is 338 g/mol. The number of hydrogen-bond donors (Lipinski definition) is 1. The highest BCUT2D eigenvalue weighted by molar-refractivity contribution is 5.79. The van der Waals surface area contributed by atoms with Crippen LogP contribution >= 0.6 is 0 Å². The normalized spacial score (nSPS) is 13.9. The molecule has 0 spiro atoms. The van der Waals surface area contributed by atoms with Crippen molar-refractivity contribution in [1.82, 2.24) is 0 Å². The molecular weight excluding hydrogens is 300 g/mol. The van der Waals surface area contributed by atoms with E-state index in [0.717, 1.165) is 31.5 Å². The topological polar surface area (TPSA) is 54.4 Å². The van der Waals surface area contributed by atoms with Crippen LogP contribution in [-0.2, 0) is 9.59 Å². The molecule has 0 aliphatic carbocycles. The van der Waals surface area contributed by atoms with Gasteiger partial charge in [-0.05, 0) is 25.2 Å². The van der Waals surface area contributed by atoms with Crippen molar-refractivity contribution in [3.05, 3.63) is 12.2 Å². The van der Waals surface area contributed by atoms with E-state index in [1.165, 1.54) is 70.3 Å². The molecule has 0 fully saturated rings. The van der Waals surface area contributed by atoms with E-state index in [1.54, 1.807) is 6.08 Å². The zero-order chi connectivity index (χ0) is 18.0. The van der Waals surface area contributed by atoms with Gasteiger partial charge in [0.05, 0.1) is 0 Å². The van der Waals surface area contributed by atoms with Crippen LogP contribution in [0.4, 0.5) is 0 Å². The average molecular weight is 339 g/mol. The molecule has 140 valence electrons. The van der Waals surface area contributed by atoms with Gasteiger partial charge < -0.3 is 9.90 Å². The zero-order valence-corrected chi connectivity index (χ0v) is 15.8. The largest absolute Gasteiger partial charge is 0.478 e. The molecule has 0 bridgehead atoms. The fraction of sp³-hybridized carbons (Fsp3) is 0.810. The fourth-order valence-electron chi connectivity index (χ4n) is 3.15. The first kappa shape index (κ1) is 22.9. The molecule has 0 aliphatic rings. The van der Waals surface area contributed by atoms with Crippen LogP contribution < -0.4 is 0 Å². The Hall–Kier alpha value is -1.12. The maximum Gasteiger partial charge on any atom is 0.327 e.